The van der Waals surface area contributed by atoms with Gasteiger partial charge in [0, 0.05) is 5.56 Å². The summed E-state index contributed by atoms with van der Waals surface area (Å²) in [5, 5.41) is 11.5. The maximum absolute atomic E-state index is 12.3. The van der Waals surface area contributed by atoms with Crippen molar-refractivity contribution in [3.63, 3.8) is 0 Å². The second kappa shape index (κ2) is 6.59. The van der Waals surface area contributed by atoms with Crippen molar-refractivity contribution in [1.29, 1.82) is 0 Å². The van der Waals surface area contributed by atoms with Gasteiger partial charge < -0.3 is 19.9 Å². The molecule has 2 N–H and O–H groups in total. The highest BCUT2D eigenvalue weighted by molar-refractivity contribution is 5.97. The minimum absolute atomic E-state index is 0.0170. The van der Waals surface area contributed by atoms with E-state index in [1.54, 1.807) is 0 Å². The van der Waals surface area contributed by atoms with Crippen LogP contribution in [-0.2, 0) is 4.79 Å². The van der Waals surface area contributed by atoms with E-state index < -0.39 is 24.5 Å². The zero-order chi connectivity index (χ0) is 16.3. The van der Waals surface area contributed by atoms with E-state index in [1.807, 2.05) is 0 Å². The van der Waals surface area contributed by atoms with Gasteiger partial charge in [-0.3, -0.25) is 4.79 Å². The predicted octanol–water partition coefficient (Wildman–Crippen LogP) is 1.89. The summed E-state index contributed by atoms with van der Waals surface area (Å²) >= 11 is 0. The van der Waals surface area contributed by atoms with E-state index in [2.05, 4.69) is 10.1 Å². The number of amides is 1. The number of hydrogen-bond acceptors (Lipinski definition) is 4. The highest BCUT2D eigenvalue weighted by Crippen LogP contribution is 2.33. The molecule has 0 saturated heterocycles. The molecule has 0 radical (unpaired) electrons. The fourth-order valence-corrected chi connectivity index (χ4v) is 2.04. The molecule has 0 bridgehead atoms. The molecular formula is C14H15F2NO5. The van der Waals surface area contributed by atoms with Crippen LogP contribution in [0.4, 0.5) is 8.78 Å². The Morgan fingerprint density at radius 1 is 1.32 bits per heavy atom. The zero-order valence-corrected chi connectivity index (χ0v) is 11.7. The zero-order valence-electron chi connectivity index (χ0n) is 11.7. The van der Waals surface area contributed by atoms with Crippen LogP contribution in [0.25, 0.3) is 0 Å². The average Bonchev–Trinajstić information content (AvgIpc) is 3.27. The van der Waals surface area contributed by atoms with Crippen molar-refractivity contribution in [3.05, 3.63) is 23.8 Å². The van der Waals surface area contributed by atoms with E-state index in [0.717, 1.165) is 18.9 Å². The van der Waals surface area contributed by atoms with Crippen LogP contribution in [-0.4, -0.2) is 36.7 Å². The molecule has 8 heteroatoms. The lowest BCUT2D eigenvalue weighted by atomic mass is 10.1. The molecule has 0 aromatic heterocycles. The maximum Gasteiger partial charge on any atom is 0.387 e. The average molecular weight is 315 g/mol. The van der Waals surface area contributed by atoms with E-state index in [0.29, 0.717) is 0 Å². The van der Waals surface area contributed by atoms with Gasteiger partial charge in [0.05, 0.1) is 7.11 Å². The lowest BCUT2D eigenvalue weighted by Gasteiger charge is -2.15. The van der Waals surface area contributed by atoms with Gasteiger partial charge in [-0.05, 0) is 37.0 Å². The van der Waals surface area contributed by atoms with E-state index >= 15 is 0 Å². The third-order valence-corrected chi connectivity index (χ3v) is 3.29. The molecule has 1 aliphatic rings. The number of alkyl halides is 2. The maximum atomic E-state index is 12.3. The summed E-state index contributed by atoms with van der Waals surface area (Å²) in [7, 11) is 1.28. The summed E-state index contributed by atoms with van der Waals surface area (Å²) < 4.78 is 33.8. The van der Waals surface area contributed by atoms with Gasteiger partial charge in [-0.15, -0.1) is 0 Å². The fraction of sp³-hybridized carbons (Fsp3) is 0.429. The molecule has 22 heavy (non-hydrogen) atoms. The van der Waals surface area contributed by atoms with E-state index in [9.17, 15) is 18.4 Å². The predicted molar refractivity (Wildman–Crippen MR) is 71.2 cm³/mol. The third-order valence-electron chi connectivity index (χ3n) is 3.29. The molecule has 1 unspecified atom stereocenters. The minimum Gasteiger partial charge on any atom is -0.493 e. The lowest BCUT2D eigenvalue weighted by molar-refractivity contribution is -0.139. The van der Waals surface area contributed by atoms with Crippen LogP contribution in [0.3, 0.4) is 0 Å². The number of hydrogen-bond donors (Lipinski definition) is 2. The number of carboxylic acids is 1. The van der Waals surface area contributed by atoms with Gasteiger partial charge in [-0.25, -0.2) is 4.79 Å². The van der Waals surface area contributed by atoms with E-state index in [-0.39, 0.29) is 23.0 Å². The van der Waals surface area contributed by atoms with Gasteiger partial charge in [0.25, 0.3) is 5.91 Å². The number of aliphatic carboxylic acids is 1. The first-order chi connectivity index (χ1) is 10.4. The van der Waals surface area contributed by atoms with Gasteiger partial charge in [0.15, 0.2) is 11.5 Å². The van der Waals surface area contributed by atoms with Crippen molar-refractivity contribution in [3.8, 4) is 11.5 Å². The largest absolute Gasteiger partial charge is 0.493 e. The summed E-state index contributed by atoms with van der Waals surface area (Å²) in [5.41, 5.74) is 0.0170. The molecule has 0 spiro atoms. The number of benzene rings is 1. The van der Waals surface area contributed by atoms with Crippen LogP contribution in [0.2, 0.25) is 0 Å². The van der Waals surface area contributed by atoms with Gasteiger partial charge in [-0.2, -0.15) is 8.78 Å². The van der Waals surface area contributed by atoms with Gasteiger partial charge in [0.2, 0.25) is 0 Å². The first-order valence-corrected chi connectivity index (χ1v) is 6.59. The van der Waals surface area contributed by atoms with Crippen LogP contribution in [0.15, 0.2) is 18.2 Å². The first-order valence-electron chi connectivity index (χ1n) is 6.59. The highest BCUT2D eigenvalue weighted by atomic mass is 19.3. The number of ether oxygens (including phenoxy) is 2. The number of halogens is 2. The molecule has 1 saturated carbocycles. The quantitative estimate of drug-likeness (QED) is 0.802. The number of rotatable bonds is 7. The Balaban J connectivity index is 2.16. The number of carbonyl (C=O) groups is 2. The number of nitrogens with one attached hydrogen (secondary N) is 1. The van der Waals surface area contributed by atoms with Gasteiger partial charge >= 0.3 is 12.6 Å². The molecule has 0 heterocycles. The van der Waals surface area contributed by atoms with E-state index in [1.165, 1.54) is 19.2 Å². The Morgan fingerprint density at radius 2 is 2.00 bits per heavy atom. The van der Waals surface area contributed by atoms with Gasteiger partial charge in [-0.1, -0.05) is 0 Å². The van der Waals surface area contributed by atoms with Crippen molar-refractivity contribution < 1.29 is 33.0 Å². The summed E-state index contributed by atoms with van der Waals surface area (Å²) in [5.74, 6) is -2.11. The Kier molecular flexibility index (Phi) is 4.79. The smallest absolute Gasteiger partial charge is 0.387 e. The fourth-order valence-electron chi connectivity index (χ4n) is 2.04. The normalized spacial score (nSPS) is 15.3. The van der Waals surface area contributed by atoms with Crippen molar-refractivity contribution >= 4 is 11.9 Å². The second-order valence-electron chi connectivity index (χ2n) is 4.87. The van der Waals surface area contributed by atoms with Crippen LogP contribution in [0.1, 0.15) is 23.2 Å². The van der Waals surface area contributed by atoms with E-state index in [4.69, 9.17) is 9.84 Å². The molecule has 1 amide bonds. The van der Waals surface area contributed by atoms with Crippen LogP contribution >= 0.6 is 0 Å². The summed E-state index contributed by atoms with van der Waals surface area (Å²) in [4.78, 5) is 23.2. The molecule has 0 aliphatic heterocycles. The number of carbonyl (C=O) groups excluding carboxylic acids is 1. The summed E-state index contributed by atoms with van der Waals surface area (Å²) in [6, 6.07) is 2.76. The van der Waals surface area contributed by atoms with Crippen LogP contribution in [0.5, 0.6) is 11.5 Å². The Morgan fingerprint density at radius 3 is 2.50 bits per heavy atom. The molecule has 1 atom stereocenters. The number of carboxylic acid groups (broad SMARTS) is 1. The first kappa shape index (κ1) is 16.0. The lowest BCUT2D eigenvalue weighted by Crippen LogP contribution is -2.42. The van der Waals surface area contributed by atoms with Crippen molar-refractivity contribution in [2.24, 2.45) is 5.92 Å². The highest BCUT2D eigenvalue weighted by Gasteiger charge is 2.37. The SMILES string of the molecule is COc1ccc(C(=O)NC(C(=O)O)C2CC2)cc1OC(F)F. The van der Waals surface area contributed by atoms with Crippen molar-refractivity contribution in [2.75, 3.05) is 7.11 Å². The van der Waals surface area contributed by atoms with Crippen molar-refractivity contribution in [1.82, 2.24) is 5.32 Å². The molecule has 1 aliphatic carbocycles. The minimum atomic E-state index is -3.06. The number of methoxy groups -OCH3 is 1. The molecule has 1 aromatic rings. The summed E-state index contributed by atoms with van der Waals surface area (Å²) in [6.07, 6.45) is 1.47. The molecule has 6 nitrogen and oxygen atoms in total. The van der Waals surface area contributed by atoms with Crippen LogP contribution in [0, 0.1) is 5.92 Å². The Bertz CT molecular complexity index is 574. The van der Waals surface area contributed by atoms with Crippen LogP contribution < -0.4 is 14.8 Å². The monoisotopic (exact) mass is 315 g/mol. The molecule has 1 aromatic carbocycles. The standard InChI is InChI=1S/C14H15F2NO5/c1-21-9-5-4-8(6-10(9)22-14(15)16)12(18)17-11(13(19)20)7-2-3-7/h4-7,11,14H,2-3H2,1H3,(H,17,18)(H,19,20). The molecule has 2 rings (SSSR count). The third kappa shape index (κ3) is 3.84. The van der Waals surface area contributed by atoms with Gasteiger partial charge in [0.1, 0.15) is 6.04 Å². The topological polar surface area (TPSA) is 84.9 Å². The van der Waals surface area contributed by atoms with Crippen molar-refractivity contribution in [2.45, 2.75) is 25.5 Å². The second-order valence-corrected chi connectivity index (χ2v) is 4.87. The molecule has 120 valence electrons. The Labute approximate surface area is 125 Å². The molecular weight excluding hydrogens is 300 g/mol. The Hall–Kier alpha value is -2.38. The molecule has 1 fully saturated rings. The summed E-state index contributed by atoms with van der Waals surface area (Å²) in [6.45, 7) is -3.06.